The Bertz CT molecular complexity index is 4250. The number of hydrogen-bond donors (Lipinski definition) is 0. The molecule has 0 N–H and O–H groups in total. The Morgan fingerprint density at radius 3 is 1.55 bits per heavy atom. The van der Waals surface area contributed by atoms with Crippen LogP contribution in [0.1, 0.15) is 0 Å². The van der Waals surface area contributed by atoms with Crippen molar-refractivity contribution in [3.63, 3.8) is 0 Å². The molecule has 0 aliphatic carbocycles. The molecule has 0 bridgehead atoms. The van der Waals surface area contributed by atoms with Gasteiger partial charge < -0.3 is 13.9 Å². The molecule has 0 aliphatic rings. The van der Waals surface area contributed by atoms with Crippen molar-refractivity contribution in [1.82, 2.24) is 4.57 Å². The zero-order chi connectivity index (χ0) is 49.0. The van der Waals surface area contributed by atoms with Crippen molar-refractivity contribution in [3.05, 3.63) is 291 Å². The first-order valence-corrected chi connectivity index (χ1v) is 27.4. The summed E-state index contributed by atoms with van der Waals surface area (Å²) in [5.41, 5.74) is 12.9. The summed E-state index contributed by atoms with van der Waals surface area (Å²) in [7, 11) is -2.74. The second-order valence-electron chi connectivity index (χ2n) is 19.2. The summed E-state index contributed by atoms with van der Waals surface area (Å²) in [4.78, 5) is 2.44. The normalized spacial score (nSPS) is 11.8. The van der Waals surface area contributed by atoms with Gasteiger partial charge >= 0.3 is 0 Å². The second-order valence-corrected chi connectivity index (χ2v) is 23.0. The Morgan fingerprint density at radius 2 is 0.851 bits per heavy atom. The standard InChI is InChI=1S/C70H48N2OSi/c1-4-23-55(24-5-1)74(56-25-6-2-7-26-56,57-27-8-3-9-28-57)58-29-16-22-52(48-58)49-40-44-53(45-41-49)71(54-46-42-51(43-47-54)60-33-17-21-50-20-10-11-30-59(50)60)65-36-19-37-66-69(65)63-32-12-14-35-64(63)72(66)67-38-18-34-62-61-31-13-15-39-68(61)73-70(62)67/h1-48H. The van der Waals surface area contributed by atoms with Crippen LogP contribution in [-0.4, -0.2) is 12.6 Å². The minimum atomic E-state index is -2.74. The van der Waals surface area contributed by atoms with Gasteiger partial charge in [-0.25, -0.2) is 0 Å². The van der Waals surface area contributed by atoms with E-state index in [0.717, 1.165) is 66.7 Å². The van der Waals surface area contributed by atoms with E-state index in [1.807, 2.05) is 6.07 Å². The van der Waals surface area contributed by atoms with Gasteiger partial charge in [-0.1, -0.05) is 237 Å². The van der Waals surface area contributed by atoms with E-state index in [9.17, 15) is 0 Å². The lowest BCUT2D eigenvalue weighted by molar-refractivity contribution is 0.666. The molecule has 14 aromatic rings. The number of fused-ring (bicyclic) bond motifs is 7. The first-order chi connectivity index (χ1) is 36.7. The average Bonchev–Trinajstić information content (AvgIpc) is 4.06. The molecule has 348 valence electrons. The number of nitrogens with zero attached hydrogens (tertiary/aromatic N) is 2. The number of benzene rings is 12. The molecule has 2 heterocycles. The van der Waals surface area contributed by atoms with E-state index in [2.05, 4.69) is 295 Å². The Hall–Kier alpha value is -9.48. The molecule has 0 spiro atoms. The van der Waals surface area contributed by atoms with E-state index in [-0.39, 0.29) is 0 Å². The maximum atomic E-state index is 6.71. The summed E-state index contributed by atoms with van der Waals surface area (Å²) >= 11 is 0. The minimum absolute atomic E-state index is 0.874. The van der Waals surface area contributed by atoms with Crippen molar-refractivity contribution in [2.75, 3.05) is 4.90 Å². The van der Waals surface area contributed by atoms with Gasteiger partial charge in [0.05, 0.1) is 22.4 Å². The lowest BCUT2D eigenvalue weighted by Gasteiger charge is -2.34. The predicted molar refractivity (Wildman–Crippen MR) is 315 cm³/mol. The Labute approximate surface area is 431 Å². The van der Waals surface area contributed by atoms with Crippen molar-refractivity contribution in [2.45, 2.75) is 0 Å². The van der Waals surface area contributed by atoms with Gasteiger partial charge in [-0.15, -0.1) is 0 Å². The van der Waals surface area contributed by atoms with Crippen LogP contribution in [0.5, 0.6) is 0 Å². The first-order valence-electron chi connectivity index (χ1n) is 25.4. The van der Waals surface area contributed by atoms with Crippen molar-refractivity contribution >= 4 is 100 Å². The highest BCUT2D eigenvalue weighted by Crippen LogP contribution is 2.46. The van der Waals surface area contributed by atoms with Crippen LogP contribution in [0.4, 0.5) is 17.1 Å². The van der Waals surface area contributed by atoms with E-state index in [4.69, 9.17) is 4.42 Å². The van der Waals surface area contributed by atoms with Crippen LogP contribution in [0.3, 0.4) is 0 Å². The van der Waals surface area contributed by atoms with E-state index >= 15 is 0 Å². The van der Waals surface area contributed by atoms with Gasteiger partial charge in [0.2, 0.25) is 0 Å². The molecule has 14 rings (SSSR count). The van der Waals surface area contributed by atoms with Crippen molar-refractivity contribution < 1.29 is 4.42 Å². The summed E-state index contributed by atoms with van der Waals surface area (Å²) in [6.07, 6.45) is 0. The third-order valence-electron chi connectivity index (χ3n) is 15.1. The summed E-state index contributed by atoms with van der Waals surface area (Å²) < 4.78 is 9.10. The molecule has 0 fully saturated rings. The molecule has 4 heteroatoms. The fourth-order valence-electron chi connectivity index (χ4n) is 11.8. The topological polar surface area (TPSA) is 21.3 Å². The van der Waals surface area contributed by atoms with E-state index in [1.165, 1.54) is 53.6 Å². The highest BCUT2D eigenvalue weighted by Gasteiger charge is 2.41. The van der Waals surface area contributed by atoms with Gasteiger partial charge in [0.1, 0.15) is 5.58 Å². The van der Waals surface area contributed by atoms with Crippen LogP contribution in [0.15, 0.2) is 296 Å². The molecule has 0 saturated carbocycles. The fourth-order valence-corrected chi connectivity index (χ4v) is 16.6. The second kappa shape index (κ2) is 18.0. The molecular weight excluding hydrogens is 913 g/mol. The lowest BCUT2D eigenvalue weighted by Crippen LogP contribution is -2.74. The SMILES string of the molecule is c1ccc([Si](c2ccccc2)(c2ccccc2)c2cccc(-c3ccc(N(c4ccc(-c5cccc6ccccc56)cc4)c4cccc5c4c4ccccc4n5-c4cccc5c4oc4ccccc45)cc3)c2)cc1. The summed E-state index contributed by atoms with van der Waals surface area (Å²) in [6.45, 7) is 0. The third kappa shape index (κ3) is 7.02. The van der Waals surface area contributed by atoms with Crippen LogP contribution in [-0.2, 0) is 0 Å². The lowest BCUT2D eigenvalue weighted by atomic mass is 9.98. The molecule has 2 aromatic heterocycles. The predicted octanol–water partition coefficient (Wildman–Crippen LogP) is 16.0. The number of rotatable bonds is 10. The van der Waals surface area contributed by atoms with Gasteiger partial charge in [0.15, 0.2) is 13.7 Å². The minimum Gasteiger partial charge on any atom is -0.454 e. The number of anilines is 3. The molecule has 0 aliphatic heterocycles. The van der Waals surface area contributed by atoms with Gasteiger partial charge in [-0.2, -0.15) is 0 Å². The maximum Gasteiger partial charge on any atom is 0.179 e. The largest absolute Gasteiger partial charge is 0.454 e. The summed E-state index contributed by atoms with van der Waals surface area (Å²) in [5, 5.41) is 12.4. The van der Waals surface area contributed by atoms with Crippen molar-refractivity contribution in [3.8, 4) is 27.9 Å². The van der Waals surface area contributed by atoms with E-state index < -0.39 is 8.07 Å². The van der Waals surface area contributed by atoms with Crippen molar-refractivity contribution in [2.24, 2.45) is 0 Å². The smallest absolute Gasteiger partial charge is 0.179 e. The number of aromatic nitrogens is 1. The Morgan fingerprint density at radius 1 is 0.338 bits per heavy atom. The van der Waals surface area contributed by atoms with Crippen LogP contribution in [0, 0.1) is 0 Å². The van der Waals surface area contributed by atoms with E-state index in [0.29, 0.717) is 0 Å². The van der Waals surface area contributed by atoms with E-state index in [1.54, 1.807) is 0 Å². The zero-order valence-corrected chi connectivity index (χ0v) is 41.5. The van der Waals surface area contributed by atoms with Crippen LogP contribution >= 0.6 is 0 Å². The number of hydrogen-bond acceptors (Lipinski definition) is 2. The maximum absolute atomic E-state index is 6.71. The Balaban J connectivity index is 0.944. The zero-order valence-electron chi connectivity index (χ0n) is 40.5. The van der Waals surface area contributed by atoms with Gasteiger partial charge in [0.25, 0.3) is 0 Å². The molecule has 74 heavy (non-hydrogen) atoms. The fraction of sp³-hybridized carbons (Fsp3) is 0. The summed E-state index contributed by atoms with van der Waals surface area (Å²) in [6, 6.07) is 107. The molecule has 12 aromatic carbocycles. The Kier molecular flexibility index (Phi) is 10.5. The highest BCUT2D eigenvalue weighted by molar-refractivity contribution is 7.19. The van der Waals surface area contributed by atoms with Crippen LogP contribution in [0.25, 0.3) is 82.5 Å². The van der Waals surface area contributed by atoms with Crippen LogP contribution in [0.2, 0.25) is 0 Å². The number of furan rings is 1. The molecule has 0 radical (unpaired) electrons. The summed E-state index contributed by atoms with van der Waals surface area (Å²) in [5.74, 6) is 0. The third-order valence-corrected chi connectivity index (χ3v) is 19.9. The van der Waals surface area contributed by atoms with Gasteiger partial charge in [-0.05, 0) is 108 Å². The molecule has 3 nitrogen and oxygen atoms in total. The van der Waals surface area contributed by atoms with Gasteiger partial charge in [-0.3, -0.25) is 0 Å². The molecule has 0 saturated heterocycles. The quantitative estimate of drug-likeness (QED) is 0.101. The van der Waals surface area contributed by atoms with Crippen molar-refractivity contribution in [1.29, 1.82) is 0 Å². The first kappa shape index (κ1) is 43.3. The monoisotopic (exact) mass is 960 g/mol. The molecule has 0 unspecified atom stereocenters. The van der Waals surface area contributed by atoms with Crippen LogP contribution < -0.4 is 25.6 Å². The molecule has 0 atom stereocenters. The molecular formula is C70H48N2OSi. The molecule has 0 amide bonds. The number of para-hydroxylation sites is 3. The average molecular weight is 961 g/mol. The van der Waals surface area contributed by atoms with Gasteiger partial charge in [0, 0.05) is 32.9 Å². The highest BCUT2D eigenvalue weighted by atomic mass is 28.3.